The van der Waals surface area contributed by atoms with Gasteiger partial charge in [0.15, 0.2) is 18.0 Å². The second kappa shape index (κ2) is 12.0. The van der Waals surface area contributed by atoms with Gasteiger partial charge in [-0.25, -0.2) is 9.97 Å². The Labute approximate surface area is 250 Å². The van der Waals surface area contributed by atoms with Gasteiger partial charge in [-0.1, -0.05) is 49.1 Å². The summed E-state index contributed by atoms with van der Waals surface area (Å²) >= 11 is 6.35. The topological polar surface area (TPSA) is 117 Å². The zero-order valence-electron chi connectivity index (χ0n) is 24.3. The molecule has 1 aliphatic carbocycles. The number of fused-ring (bicyclic) bond motifs is 1. The zero-order chi connectivity index (χ0) is 30.1. The summed E-state index contributed by atoms with van der Waals surface area (Å²) < 4.78 is 20.4. The van der Waals surface area contributed by atoms with Gasteiger partial charge in [0.2, 0.25) is 5.28 Å². The molecule has 2 aromatic heterocycles. The Hall–Kier alpha value is -3.52. The Morgan fingerprint density at radius 1 is 1.29 bits per heavy atom. The summed E-state index contributed by atoms with van der Waals surface area (Å²) in [6.07, 6.45) is 9.68. The lowest BCUT2D eigenvalue weighted by Crippen LogP contribution is -2.49. The molecule has 1 unspecified atom stereocenters. The fourth-order valence-electron chi connectivity index (χ4n) is 5.58. The quantitative estimate of drug-likeness (QED) is 0.201. The summed E-state index contributed by atoms with van der Waals surface area (Å²) in [6, 6.07) is 9.60. The molecule has 222 valence electrons. The minimum absolute atomic E-state index is 0.0409. The average molecular weight is 594 g/mol. The number of aryl methyl sites for hydroxylation is 1. The van der Waals surface area contributed by atoms with Crippen LogP contribution in [0.25, 0.3) is 11.2 Å². The second-order valence-electron chi connectivity index (χ2n) is 11.5. The number of carbonyl (C=O) groups excluding carboxylic acids is 2. The molecule has 3 heterocycles. The monoisotopic (exact) mass is 593 g/mol. The number of imidazole rings is 1. The van der Waals surface area contributed by atoms with Gasteiger partial charge in [0, 0.05) is 20.4 Å². The maximum atomic E-state index is 13.0. The third kappa shape index (κ3) is 6.00. The summed E-state index contributed by atoms with van der Waals surface area (Å²) in [5, 5.41) is 2.80. The van der Waals surface area contributed by atoms with E-state index >= 15 is 0 Å². The SMILES string of the molecule is C#C[C@@]1(C)[C@@H](COC(C)(Cc2ccccc2)C(=O)NC)O[C@@H](n2cnc3c(CCC4CC4)nc(Cl)nc32)[C@@H]1OC(C)=O. The predicted octanol–water partition coefficient (Wildman–Crippen LogP) is 4.05. The van der Waals surface area contributed by atoms with Crippen LogP contribution in [0.1, 0.15) is 57.5 Å². The Kier molecular flexibility index (Phi) is 8.56. The molecule has 42 heavy (non-hydrogen) atoms. The second-order valence-corrected chi connectivity index (χ2v) is 11.8. The van der Waals surface area contributed by atoms with E-state index in [2.05, 4.69) is 26.2 Å². The minimum Gasteiger partial charge on any atom is -0.456 e. The molecule has 2 fully saturated rings. The molecule has 5 rings (SSSR count). The number of hydrogen-bond acceptors (Lipinski definition) is 8. The van der Waals surface area contributed by atoms with Crippen LogP contribution in [-0.2, 0) is 36.6 Å². The molecule has 3 aromatic rings. The van der Waals surface area contributed by atoms with Gasteiger partial charge >= 0.3 is 5.97 Å². The van der Waals surface area contributed by atoms with Gasteiger partial charge in [0.05, 0.1) is 24.0 Å². The summed E-state index contributed by atoms with van der Waals surface area (Å²) in [7, 11) is 1.56. The van der Waals surface area contributed by atoms with E-state index < -0.39 is 35.4 Å². The van der Waals surface area contributed by atoms with Crippen molar-refractivity contribution in [1.29, 1.82) is 0 Å². The number of nitrogens with one attached hydrogen (secondary N) is 1. The van der Waals surface area contributed by atoms with E-state index in [-0.39, 0.29) is 17.8 Å². The highest BCUT2D eigenvalue weighted by atomic mass is 35.5. The first-order valence-electron chi connectivity index (χ1n) is 14.2. The van der Waals surface area contributed by atoms with Gasteiger partial charge in [0.25, 0.3) is 5.91 Å². The van der Waals surface area contributed by atoms with Crippen molar-refractivity contribution in [2.24, 2.45) is 11.3 Å². The number of hydrogen-bond donors (Lipinski definition) is 1. The van der Waals surface area contributed by atoms with Gasteiger partial charge in [-0.05, 0) is 49.8 Å². The highest BCUT2D eigenvalue weighted by molar-refractivity contribution is 6.28. The molecule has 1 aromatic carbocycles. The van der Waals surface area contributed by atoms with E-state index in [1.54, 1.807) is 31.8 Å². The first kappa shape index (κ1) is 30.0. The van der Waals surface area contributed by atoms with Crippen LogP contribution in [0.15, 0.2) is 36.7 Å². The molecule has 10 nitrogen and oxygen atoms in total. The first-order chi connectivity index (χ1) is 20.1. The van der Waals surface area contributed by atoms with Crippen LogP contribution in [0.4, 0.5) is 0 Å². The normalized spacial score (nSPS) is 25.1. The standard InChI is InChI=1S/C31H36ClN5O5/c1-6-30(3)23(17-40-31(4,28(39)33-5)16-21-10-8-7-9-11-21)42-27(25(30)41-19(2)38)37-18-34-24-22(15-14-20-12-13-20)35-29(32)36-26(24)37/h1,7-11,18,20,23,25,27H,12-17H2,2-5H3,(H,33,39)/t23-,25+,27-,30+,31?/m1/s1. The molecule has 1 N–H and O–H groups in total. The molecule has 0 spiro atoms. The van der Waals surface area contributed by atoms with Crippen LogP contribution in [0, 0.1) is 23.7 Å². The molecule has 2 aliphatic rings. The Morgan fingerprint density at radius 3 is 2.67 bits per heavy atom. The van der Waals surface area contributed by atoms with Gasteiger partial charge in [-0.15, -0.1) is 6.42 Å². The number of ether oxygens (including phenoxy) is 3. The van der Waals surface area contributed by atoms with Gasteiger partial charge < -0.3 is 19.5 Å². The van der Waals surface area contributed by atoms with Crippen molar-refractivity contribution in [3.8, 4) is 12.3 Å². The fraction of sp³-hybridized carbons (Fsp3) is 0.516. The van der Waals surface area contributed by atoms with E-state index in [0.29, 0.717) is 23.5 Å². The highest BCUT2D eigenvalue weighted by Crippen LogP contribution is 2.46. The van der Waals surface area contributed by atoms with Crippen molar-refractivity contribution in [2.45, 2.75) is 76.9 Å². The van der Waals surface area contributed by atoms with E-state index in [4.69, 9.17) is 32.2 Å². The van der Waals surface area contributed by atoms with Crippen molar-refractivity contribution in [3.63, 3.8) is 0 Å². The molecular formula is C31H36ClN5O5. The number of rotatable bonds is 11. The van der Waals surface area contributed by atoms with Crippen molar-refractivity contribution in [2.75, 3.05) is 13.7 Å². The van der Waals surface area contributed by atoms with Crippen LogP contribution < -0.4 is 5.32 Å². The van der Waals surface area contributed by atoms with Crippen LogP contribution in [-0.4, -0.2) is 62.9 Å². The predicted molar refractivity (Wildman–Crippen MR) is 156 cm³/mol. The van der Waals surface area contributed by atoms with Crippen LogP contribution in [0.3, 0.4) is 0 Å². The third-order valence-electron chi connectivity index (χ3n) is 8.30. The van der Waals surface area contributed by atoms with E-state index in [9.17, 15) is 9.59 Å². The Balaban J connectivity index is 1.46. The lowest BCUT2D eigenvalue weighted by atomic mass is 9.81. The minimum atomic E-state index is -1.22. The molecule has 1 saturated heterocycles. The summed E-state index contributed by atoms with van der Waals surface area (Å²) in [6.45, 7) is 4.79. The number of amides is 1. The Bertz CT molecular complexity index is 1500. The third-order valence-corrected chi connectivity index (χ3v) is 8.47. The maximum absolute atomic E-state index is 13.0. The number of likely N-dealkylation sites (N-methyl/N-ethyl adjacent to an activating group) is 1. The number of halogens is 1. The van der Waals surface area contributed by atoms with Crippen molar-refractivity contribution in [3.05, 3.63) is 53.2 Å². The first-order valence-corrected chi connectivity index (χ1v) is 14.5. The number of nitrogens with zero attached hydrogens (tertiary/aromatic N) is 4. The molecule has 1 saturated carbocycles. The zero-order valence-corrected chi connectivity index (χ0v) is 25.1. The van der Waals surface area contributed by atoms with Crippen molar-refractivity contribution in [1.82, 2.24) is 24.8 Å². The highest BCUT2D eigenvalue weighted by Gasteiger charge is 2.57. The molecule has 11 heteroatoms. The van der Waals surface area contributed by atoms with Crippen LogP contribution in [0.5, 0.6) is 0 Å². The van der Waals surface area contributed by atoms with E-state index in [0.717, 1.165) is 24.1 Å². The van der Waals surface area contributed by atoms with Crippen molar-refractivity contribution < 1.29 is 23.8 Å². The maximum Gasteiger partial charge on any atom is 0.303 e. The molecule has 0 radical (unpaired) electrons. The van der Waals surface area contributed by atoms with E-state index in [1.165, 1.54) is 19.8 Å². The summed E-state index contributed by atoms with van der Waals surface area (Å²) in [5.74, 6) is 2.71. The lowest BCUT2D eigenvalue weighted by molar-refractivity contribution is -0.156. The largest absolute Gasteiger partial charge is 0.456 e. The number of terminal acetylenes is 1. The smallest absolute Gasteiger partial charge is 0.303 e. The number of carbonyl (C=O) groups is 2. The molecular weight excluding hydrogens is 558 g/mol. The summed E-state index contributed by atoms with van der Waals surface area (Å²) in [5.41, 5.74) is 0.438. The number of esters is 1. The molecule has 0 bridgehead atoms. The van der Waals surface area contributed by atoms with Gasteiger partial charge in [0.1, 0.15) is 17.2 Å². The van der Waals surface area contributed by atoms with Crippen molar-refractivity contribution >= 4 is 34.6 Å². The molecule has 5 atom stereocenters. The number of benzene rings is 1. The van der Waals surface area contributed by atoms with Gasteiger partial charge in [-0.3, -0.25) is 14.2 Å². The lowest BCUT2D eigenvalue weighted by Gasteiger charge is -2.33. The average Bonchev–Trinajstić information content (AvgIpc) is 3.65. The fourth-order valence-corrected chi connectivity index (χ4v) is 5.76. The Morgan fingerprint density at radius 2 is 2.02 bits per heavy atom. The molecule has 1 amide bonds. The van der Waals surface area contributed by atoms with Gasteiger partial charge in [-0.2, -0.15) is 4.98 Å². The number of aromatic nitrogens is 4. The summed E-state index contributed by atoms with van der Waals surface area (Å²) in [4.78, 5) is 38.8. The molecule has 1 aliphatic heterocycles. The van der Waals surface area contributed by atoms with E-state index in [1.807, 2.05) is 30.3 Å². The van der Waals surface area contributed by atoms with Crippen LogP contribution >= 0.6 is 11.6 Å². The van der Waals surface area contributed by atoms with Crippen LogP contribution in [0.2, 0.25) is 5.28 Å².